The van der Waals surface area contributed by atoms with Crippen LogP contribution >= 0.6 is 0 Å². The van der Waals surface area contributed by atoms with Gasteiger partial charge in [-0.1, -0.05) is 6.07 Å². The highest BCUT2D eigenvalue weighted by atomic mass is 16.7. The molecule has 7 heteroatoms. The fraction of sp³-hybridized carbons (Fsp3) is 0.500. The van der Waals surface area contributed by atoms with Crippen LogP contribution in [0, 0.1) is 0 Å². The van der Waals surface area contributed by atoms with Gasteiger partial charge in [-0.25, -0.2) is 0 Å². The molecule has 3 heterocycles. The molecular weight excluding hydrogens is 368 g/mol. The van der Waals surface area contributed by atoms with E-state index >= 15 is 0 Å². The number of hydrogen-bond donors (Lipinski definition) is 1. The minimum Gasteiger partial charge on any atom is -0.454 e. The number of ether oxygens (including phenoxy) is 3. The number of aryl methyl sites for hydroxylation is 1. The molecule has 7 nitrogen and oxygen atoms in total. The lowest BCUT2D eigenvalue weighted by molar-refractivity contribution is 0.0511. The maximum Gasteiger partial charge on any atom is 0.231 e. The predicted molar refractivity (Wildman–Crippen MR) is 113 cm³/mol. The van der Waals surface area contributed by atoms with Gasteiger partial charge in [0.1, 0.15) is 0 Å². The minimum absolute atomic E-state index is 0.0268. The lowest BCUT2D eigenvalue weighted by Crippen LogP contribution is -2.48. The Morgan fingerprint density at radius 3 is 2.72 bits per heavy atom. The summed E-state index contributed by atoms with van der Waals surface area (Å²) in [4.78, 5) is 6.67. The molecule has 1 aromatic carbocycles. The highest BCUT2D eigenvalue weighted by Crippen LogP contribution is 2.40. The van der Waals surface area contributed by atoms with Crippen molar-refractivity contribution >= 4 is 5.96 Å². The fourth-order valence-electron chi connectivity index (χ4n) is 4.17. The van der Waals surface area contributed by atoms with Crippen molar-refractivity contribution in [2.45, 2.75) is 24.8 Å². The summed E-state index contributed by atoms with van der Waals surface area (Å²) >= 11 is 0. The monoisotopic (exact) mass is 398 g/mol. The summed E-state index contributed by atoms with van der Waals surface area (Å²) < 4.78 is 18.9. The first-order chi connectivity index (χ1) is 14.1. The van der Waals surface area contributed by atoms with Crippen LogP contribution in [0.4, 0.5) is 0 Å². The van der Waals surface area contributed by atoms with Gasteiger partial charge < -0.3 is 29.0 Å². The van der Waals surface area contributed by atoms with E-state index in [2.05, 4.69) is 64.3 Å². The van der Waals surface area contributed by atoms with Gasteiger partial charge in [0.2, 0.25) is 6.79 Å². The zero-order valence-electron chi connectivity index (χ0n) is 17.5. The number of nitrogens with zero attached hydrogens (tertiary/aromatic N) is 3. The molecule has 2 aliphatic rings. The molecule has 1 N–H and O–H groups in total. The van der Waals surface area contributed by atoms with Crippen LogP contribution in [-0.2, 0) is 23.7 Å². The molecule has 0 atom stereocenters. The Morgan fingerprint density at radius 1 is 1.21 bits per heavy atom. The second kappa shape index (κ2) is 8.37. The molecule has 0 saturated carbocycles. The average Bonchev–Trinajstić information content (AvgIpc) is 3.37. The summed E-state index contributed by atoms with van der Waals surface area (Å²) in [7, 11) is 5.97. The van der Waals surface area contributed by atoms with Crippen molar-refractivity contribution in [2.75, 3.05) is 40.6 Å². The summed E-state index contributed by atoms with van der Waals surface area (Å²) in [6, 6.07) is 10.5. The first-order valence-corrected chi connectivity index (χ1v) is 10.1. The first kappa shape index (κ1) is 19.6. The Kier molecular flexibility index (Phi) is 5.67. The standard InChI is InChI=1S/C22H30N4O3/c1-23-21(26(3)14-18-5-4-10-25(18)2)24-15-22(8-11-27-12-9-22)17-6-7-19-20(13-17)29-16-28-19/h4-7,10,13H,8-9,11-12,14-16H2,1-3H3,(H,23,24). The van der Waals surface area contributed by atoms with Gasteiger partial charge in [-0.2, -0.15) is 0 Å². The molecule has 0 bridgehead atoms. The van der Waals surface area contributed by atoms with E-state index in [1.165, 1.54) is 11.3 Å². The Bertz CT molecular complexity index is 871. The quantitative estimate of drug-likeness (QED) is 0.620. The van der Waals surface area contributed by atoms with Crippen molar-refractivity contribution in [1.29, 1.82) is 0 Å². The van der Waals surface area contributed by atoms with Gasteiger partial charge in [-0.15, -0.1) is 0 Å². The Hall–Kier alpha value is -2.67. The summed E-state index contributed by atoms with van der Waals surface area (Å²) in [5.41, 5.74) is 2.48. The van der Waals surface area contributed by atoms with Crippen LogP contribution in [0.15, 0.2) is 41.5 Å². The number of rotatable bonds is 5. The average molecular weight is 399 g/mol. The molecule has 156 valence electrons. The molecule has 0 amide bonds. The fourth-order valence-corrected chi connectivity index (χ4v) is 4.17. The molecular formula is C22H30N4O3. The second-order valence-corrected chi connectivity index (χ2v) is 7.83. The molecule has 29 heavy (non-hydrogen) atoms. The summed E-state index contributed by atoms with van der Waals surface area (Å²) in [6.07, 6.45) is 3.98. The van der Waals surface area contributed by atoms with Gasteiger partial charge in [-0.3, -0.25) is 4.99 Å². The number of aromatic nitrogens is 1. The number of benzene rings is 1. The topological polar surface area (TPSA) is 60.3 Å². The van der Waals surface area contributed by atoms with Crippen LogP contribution in [0.2, 0.25) is 0 Å². The van der Waals surface area contributed by atoms with Crippen LogP contribution in [-0.4, -0.2) is 56.1 Å². The lowest BCUT2D eigenvalue weighted by Gasteiger charge is -2.39. The van der Waals surface area contributed by atoms with Gasteiger partial charge in [0.05, 0.1) is 6.54 Å². The van der Waals surface area contributed by atoms with Crippen LogP contribution in [0.25, 0.3) is 0 Å². The molecule has 1 aromatic heterocycles. The minimum atomic E-state index is -0.0268. The van der Waals surface area contributed by atoms with Crippen molar-refractivity contribution in [1.82, 2.24) is 14.8 Å². The van der Waals surface area contributed by atoms with Gasteiger partial charge in [0.15, 0.2) is 17.5 Å². The third kappa shape index (κ3) is 4.05. The van der Waals surface area contributed by atoms with E-state index in [9.17, 15) is 0 Å². The summed E-state index contributed by atoms with van der Waals surface area (Å²) in [5.74, 6) is 2.54. The highest BCUT2D eigenvalue weighted by Gasteiger charge is 2.36. The van der Waals surface area contributed by atoms with Crippen molar-refractivity contribution in [3.05, 3.63) is 47.8 Å². The molecule has 0 unspecified atom stereocenters. The third-order valence-electron chi connectivity index (χ3n) is 6.04. The number of aliphatic imine (C=N–C) groups is 1. The molecule has 1 saturated heterocycles. The normalized spacial score (nSPS) is 18.0. The van der Waals surface area contributed by atoms with Crippen LogP contribution in [0.1, 0.15) is 24.1 Å². The maximum absolute atomic E-state index is 5.68. The van der Waals surface area contributed by atoms with Crippen molar-refractivity contribution in [3.63, 3.8) is 0 Å². The van der Waals surface area contributed by atoms with Gasteiger partial charge in [0, 0.05) is 58.2 Å². The Morgan fingerprint density at radius 2 is 2.00 bits per heavy atom. The molecule has 0 radical (unpaired) electrons. The molecule has 2 aliphatic heterocycles. The van der Waals surface area contributed by atoms with Gasteiger partial charge >= 0.3 is 0 Å². The van der Waals surface area contributed by atoms with E-state index < -0.39 is 0 Å². The Balaban J connectivity index is 1.50. The predicted octanol–water partition coefficient (Wildman–Crippen LogP) is 2.51. The van der Waals surface area contributed by atoms with E-state index in [0.717, 1.165) is 56.6 Å². The van der Waals surface area contributed by atoms with Crippen LogP contribution < -0.4 is 14.8 Å². The Labute approximate surface area is 172 Å². The second-order valence-electron chi connectivity index (χ2n) is 7.83. The largest absolute Gasteiger partial charge is 0.454 e. The van der Waals surface area contributed by atoms with E-state index in [0.29, 0.717) is 6.79 Å². The van der Waals surface area contributed by atoms with Gasteiger partial charge in [0.25, 0.3) is 0 Å². The summed E-state index contributed by atoms with van der Waals surface area (Å²) in [5, 5.41) is 3.62. The van der Waals surface area contributed by atoms with Crippen LogP contribution in [0.3, 0.4) is 0 Å². The first-order valence-electron chi connectivity index (χ1n) is 10.1. The molecule has 2 aromatic rings. The highest BCUT2D eigenvalue weighted by molar-refractivity contribution is 5.79. The van der Waals surface area contributed by atoms with Crippen molar-refractivity contribution in [2.24, 2.45) is 12.0 Å². The smallest absolute Gasteiger partial charge is 0.231 e. The lowest BCUT2D eigenvalue weighted by atomic mass is 9.74. The van der Waals surface area contributed by atoms with Gasteiger partial charge in [-0.05, 0) is 42.7 Å². The number of guanidine groups is 1. The van der Waals surface area contributed by atoms with E-state index in [1.807, 2.05) is 13.1 Å². The number of fused-ring (bicyclic) bond motifs is 1. The third-order valence-corrected chi connectivity index (χ3v) is 6.04. The van der Waals surface area contributed by atoms with E-state index in [-0.39, 0.29) is 5.41 Å². The SMILES string of the molecule is CN=C(NCC1(c2ccc3c(c2)OCO3)CCOCC1)N(C)Cc1cccn1C. The zero-order chi connectivity index (χ0) is 20.3. The van der Waals surface area contributed by atoms with Crippen LogP contribution in [0.5, 0.6) is 11.5 Å². The van der Waals surface area contributed by atoms with Crippen molar-refractivity contribution in [3.8, 4) is 11.5 Å². The molecule has 4 rings (SSSR count). The number of nitrogens with one attached hydrogen (secondary N) is 1. The zero-order valence-corrected chi connectivity index (χ0v) is 17.5. The molecule has 1 fully saturated rings. The summed E-state index contributed by atoms with van der Waals surface area (Å²) in [6.45, 7) is 3.40. The molecule has 0 spiro atoms. The van der Waals surface area contributed by atoms with E-state index in [4.69, 9.17) is 14.2 Å². The number of hydrogen-bond acceptors (Lipinski definition) is 4. The maximum atomic E-state index is 5.68. The van der Waals surface area contributed by atoms with Crippen molar-refractivity contribution < 1.29 is 14.2 Å². The molecule has 0 aliphatic carbocycles. The van der Waals surface area contributed by atoms with E-state index in [1.54, 1.807) is 0 Å².